The predicted molar refractivity (Wildman–Crippen MR) is 148 cm³/mol. The Labute approximate surface area is 233 Å². The van der Waals surface area contributed by atoms with Gasteiger partial charge in [0.15, 0.2) is 0 Å². The predicted octanol–water partition coefficient (Wildman–Crippen LogP) is 2.75. The van der Waals surface area contributed by atoms with E-state index in [0.29, 0.717) is 26.1 Å². The first-order valence-corrected chi connectivity index (χ1v) is 14.1. The van der Waals surface area contributed by atoms with E-state index in [9.17, 15) is 19.5 Å². The number of fused-ring (bicyclic) bond motifs is 1. The normalized spacial score (nSPS) is 30.3. The maximum atomic E-state index is 14.2. The van der Waals surface area contributed by atoms with E-state index >= 15 is 0 Å². The minimum Gasteiger partial charge on any atom is -0.394 e. The molecule has 2 bridgehead atoms. The van der Waals surface area contributed by atoms with Crippen molar-refractivity contribution in [3.05, 3.63) is 61.2 Å². The lowest BCUT2D eigenvalue weighted by atomic mass is 9.70. The Morgan fingerprint density at radius 3 is 2.42 bits per heavy atom. The van der Waals surface area contributed by atoms with Gasteiger partial charge in [-0.1, -0.05) is 58.4 Å². The van der Waals surface area contributed by atoms with Crippen LogP contribution < -0.4 is 0 Å². The van der Waals surface area contributed by atoms with E-state index in [4.69, 9.17) is 4.74 Å². The Balaban J connectivity index is 1.76. The maximum Gasteiger partial charge on any atom is 0.248 e. The standard InChI is InChI=1S/C29H38BrN3O5/c1-6-13-31(16-20-11-9-8-10-12-20)26(35)22-23-27(36)33(19(5)17-34)25(28(37)32(14-7-2)18(3)4)29(23)15-21(30)24(22)38-29/h6-12,18-19,21-25,34H,1-2,13-17H2,3-5H3/t19-,21?,22+,23+,24+,25?,29?/m1/s1. The number of carbonyl (C=O) groups is 3. The number of likely N-dealkylation sites (tertiary alicyclic amines) is 1. The van der Waals surface area contributed by atoms with Crippen molar-refractivity contribution in [2.75, 3.05) is 19.7 Å². The van der Waals surface area contributed by atoms with Crippen LogP contribution in [0.5, 0.6) is 0 Å². The van der Waals surface area contributed by atoms with Crippen LogP contribution >= 0.6 is 15.9 Å². The number of rotatable bonds is 11. The van der Waals surface area contributed by atoms with Gasteiger partial charge in [0.25, 0.3) is 0 Å². The highest BCUT2D eigenvalue weighted by atomic mass is 79.9. The molecule has 4 rings (SSSR count). The number of benzene rings is 1. The van der Waals surface area contributed by atoms with Gasteiger partial charge in [-0.2, -0.15) is 0 Å². The van der Waals surface area contributed by atoms with Gasteiger partial charge in [-0.3, -0.25) is 14.4 Å². The topological polar surface area (TPSA) is 90.4 Å². The van der Waals surface area contributed by atoms with Crippen LogP contribution in [0.1, 0.15) is 32.8 Å². The molecular formula is C29H38BrN3O5. The summed E-state index contributed by atoms with van der Waals surface area (Å²) < 4.78 is 6.61. The molecule has 3 aliphatic rings. The molecule has 1 aromatic carbocycles. The molecule has 3 amide bonds. The van der Waals surface area contributed by atoms with Crippen LogP contribution in [0.3, 0.4) is 0 Å². The molecule has 3 aliphatic heterocycles. The van der Waals surface area contributed by atoms with E-state index in [2.05, 4.69) is 29.1 Å². The molecule has 8 nitrogen and oxygen atoms in total. The van der Waals surface area contributed by atoms with E-state index in [0.717, 1.165) is 5.56 Å². The zero-order valence-corrected chi connectivity index (χ0v) is 23.9. The van der Waals surface area contributed by atoms with Crippen LogP contribution in [0.15, 0.2) is 55.6 Å². The molecule has 1 spiro atoms. The van der Waals surface area contributed by atoms with Gasteiger partial charge in [0, 0.05) is 30.5 Å². The summed E-state index contributed by atoms with van der Waals surface area (Å²) in [7, 11) is 0. The van der Waals surface area contributed by atoms with Gasteiger partial charge in [0.05, 0.1) is 30.6 Å². The van der Waals surface area contributed by atoms with Crippen LogP contribution in [-0.2, 0) is 25.7 Å². The lowest BCUT2D eigenvalue weighted by molar-refractivity contribution is -0.152. The van der Waals surface area contributed by atoms with E-state index in [-0.39, 0.29) is 35.2 Å². The summed E-state index contributed by atoms with van der Waals surface area (Å²) in [6.07, 6.45) is 3.21. The molecule has 3 saturated heterocycles. The summed E-state index contributed by atoms with van der Waals surface area (Å²) in [5.74, 6) is -2.35. The lowest BCUT2D eigenvalue weighted by Crippen LogP contribution is -2.59. The number of aliphatic hydroxyl groups is 1. The molecule has 9 heteroatoms. The third kappa shape index (κ3) is 4.62. The highest BCUT2D eigenvalue weighted by molar-refractivity contribution is 9.09. The molecule has 0 aromatic heterocycles. The van der Waals surface area contributed by atoms with Crippen LogP contribution in [-0.4, -0.2) is 91.9 Å². The fourth-order valence-electron chi connectivity index (χ4n) is 6.45. The summed E-state index contributed by atoms with van der Waals surface area (Å²) in [4.78, 5) is 47.1. The maximum absolute atomic E-state index is 14.2. The van der Waals surface area contributed by atoms with E-state index in [1.165, 1.54) is 4.90 Å². The highest BCUT2D eigenvalue weighted by Crippen LogP contribution is 2.60. The number of ether oxygens (including phenoxy) is 1. The van der Waals surface area contributed by atoms with Gasteiger partial charge in [-0.25, -0.2) is 0 Å². The number of amides is 3. The Hall–Kier alpha value is -2.49. The quantitative estimate of drug-likeness (QED) is 0.317. The lowest BCUT2D eigenvalue weighted by Gasteiger charge is -2.39. The second kappa shape index (κ2) is 11.3. The van der Waals surface area contributed by atoms with Crippen molar-refractivity contribution >= 4 is 33.7 Å². The van der Waals surface area contributed by atoms with Gasteiger partial charge in [0.1, 0.15) is 11.6 Å². The van der Waals surface area contributed by atoms with Crippen molar-refractivity contribution in [1.82, 2.24) is 14.7 Å². The van der Waals surface area contributed by atoms with Crippen molar-refractivity contribution in [3.8, 4) is 0 Å². The van der Waals surface area contributed by atoms with Gasteiger partial charge in [-0.05, 0) is 32.8 Å². The fraction of sp³-hybridized carbons (Fsp3) is 0.552. The number of halogens is 1. The molecular weight excluding hydrogens is 550 g/mol. The average Bonchev–Trinajstić information content (AvgIpc) is 3.49. The second-order valence-electron chi connectivity index (χ2n) is 10.8. The van der Waals surface area contributed by atoms with Crippen LogP contribution in [0, 0.1) is 11.8 Å². The minimum atomic E-state index is -1.17. The smallest absolute Gasteiger partial charge is 0.248 e. The summed E-state index contributed by atoms with van der Waals surface area (Å²) in [6.45, 7) is 13.9. The monoisotopic (exact) mass is 587 g/mol. The molecule has 38 heavy (non-hydrogen) atoms. The largest absolute Gasteiger partial charge is 0.394 e. The Morgan fingerprint density at radius 1 is 1.18 bits per heavy atom. The van der Waals surface area contributed by atoms with E-state index < -0.39 is 35.6 Å². The minimum absolute atomic E-state index is 0.137. The fourth-order valence-corrected chi connectivity index (χ4v) is 7.39. The number of aliphatic hydroxyl groups excluding tert-OH is 1. The summed E-state index contributed by atoms with van der Waals surface area (Å²) in [5.41, 5.74) is -0.201. The Morgan fingerprint density at radius 2 is 1.84 bits per heavy atom. The molecule has 206 valence electrons. The van der Waals surface area contributed by atoms with E-state index in [1.54, 1.807) is 28.9 Å². The zero-order chi connectivity index (χ0) is 27.8. The third-order valence-corrected chi connectivity index (χ3v) is 8.94. The molecule has 7 atom stereocenters. The number of alkyl halides is 1. The molecule has 0 radical (unpaired) electrons. The van der Waals surface area contributed by atoms with Crippen molar-refractivity contribution in [3.63, 3.8) is 0 Å². The van der Waals surface area contributed by atoms with Crippen molar-refractivity contribution in [2.45, 2.75) is 68.4 Å². The first-order chi connectivity index (χ1) is 18.1. The Bertz CT molecular complexity index is 1080. The van der Waals surface area contributed by atoms with Gasteiger partial charge in [-0.15, -0.1) is 13.2 Å². The second-order valence-corrected chi connectivity index (χ2v) is 12.0. The SMILES string of the molecule is C=CCN(Cc1ccccc1)C(=O)[C@H]1[C@H]2C(=O)N([C@H](C)CO)C(C(=O)N(CC=C)C(C)C)C23CC(Br)[C@@H]1O3. The molecule has 3 heterocycles. The molecule has 0 aliphatic carbocycles. The third-order valence-electron chi connectivity index (χ3n) is 8.09. The average molecular weight is 589 g/mol. The number of carbonyl (C=O) groups excluding carboxylic acids is 3. The molecule has 1 N–H and O–H groups in total. The Kier molecular flexibility index (Phi) is 8.49. The molecule has 3 unspecified atom stereocenters. The number of nitrogens with zero attached hydrogens (tertiary/aromatic N) is 3. The first kappa shape index (κ1) is 28.5. The summed E-state index contributed by atoms with van der Waals surface area (Å²) >= 11 is 3.72. The van der Waals surface area contributed by atoms with Gasteiger partial charge in [0.2, 0.25) is 17.7 Å². The van der Waals surface area contributed by atoms with E-state index in [1.807, 2.05) is 44.2 Å². The molecule has 1 aromatic rings. The number of hydrogen-bond acceptors (Lipinski definition) is 5. The van der Waals surface area contributed by atoms with Crippen LogP contribution in [0.25, 0.3) is 0 Å². The summed E-state index contributed by atoms with van der Waals surface area (Å²) in [6, 6.07) is 7.97. The van der Waals surface area contributed by atoms with Crippen molar-refractivity contribution in [1.29, 1.82) is 0 Å². The van der Waals surface area contributed by atoms with Gasteiger partial charge >= 0.3 is 0 Å². The number of hydrogen-bond donors (Lipinski definition) is 1. The summed E-state index contributed by atoms with van der Waals surface area (Å²) in [5, 5.41) is 10.1. The van der Waals surface area contributed by atoms with Crippen LogP contribution in [0.4, 0.5) is 0 Å². The first-order valence-electron chi connectivity index (χ1n) is 13.2. The van der Waals surface area contributed by atoms with Crippen LogP contribution in [0.2, 0.25) is 0 Å². The van der Waals surface area contributed by atoms with Crippen molar-refractivity contribution < 1.29 is 24.2 Å². The highest BCUT2D eigenvalue weighted by Gasteiger charge is 2.77. The molecule has 0 saturated carbocycles. The van der Waals surface area contributed by atoms with Crippen molar-refractivity contribution in [2.24, 2.45) is 11.8 Å². The molecule has 3 fully saturated rings. The van der Waals surface area contributed by atoms with Gasteiger partial charge < -0.3 is 24.5 Å². The zero-order valence-electron chi connectivity index (χ0n) is 22.3.